The molecular formula is C12H15N3O3. The van der Waals surface area contributed by atoms with Gasteiger partial charge >= 0.3 is 5.97 Å². The summed E-state index contributed by atoms with van der Waals surface area (Å²) in [4.78, 5) is 30.2. The number of carboxylic acid groups (broad SMARTS) is 1. The Morgan fingerprint density at radius 1 is 1.44 bits per heavy atom. The monoisotopic (exact) mass is 249 g/mol. The Hall–Kier alpha value is -2.11. The fourth-order valence-corrected chi connectivity index (χ4v) is 1.95. The quantitative estimate of drug-likeness (QED) is 0.819. The van der Waals surface area contributed by atoms with Crippen LogP contribution in [-0.2, 0) is 4.79 Å². The Labute approximate surface area is 105 Å². The van der Waals surface area contributed by atoms with Gasteiger partial charge in [-0.25, -0.2) is 9.78 Å². The number of hydrogen-bond acceptors (Lipinski definition) is 4. The fourth-order valence-electron chi connectivity index (χ4n) is 1.95. The Balaban J connectivity index is 2.24. The van der Waals surface area contributed by atoms with Crippen LogP contribution in [0.5, 0.6) is 0 Å². The standard InChI is InChI=1S/C12H15N3O3/c1-8-5-9(12(17)18)6-13-11(8)15-4-3-14(2)10(16)7-15/h5-6H,3-4,7H2,1-2H3,(H,17,18). The van der Waals surface area contributed by atoms with Gasteiger partial charge in [0.05, 0.1) is 12.1 Å². The average molecular weight is 249 g/mol. The lowest BCUT2D eigenvalue weighted by Crippen LogP contribution is -2.49. The maximum Gasteiger partial charge on any atom is 0.337 e. The Kier molecular flexibility index (Phi) is 3.18. The predicted octanol–water partition coefficient (Wildman–Crippen LogP) is 0.367. The Bertz CT molecular complexity index is 501. The van der Waals surface area contributed by atoms with Crippen LogP contribution >= 0.6 is 0 Å². The highest BCUT2D eigenvalue weighted by Gasteiger charge is 2.23. The van der Waals surface area contributed by atoms with Crippen LogP contribution in [0.2, 0.25) is 0 Å². The zero-order chi connectivity index (χ0) is 13.3. The van der Waals surface area contributed by atoms with E-state index in [-0.39, 0.29) is 18.0 Å². The first-order valence-electron chi connectivity index (χ1n) is 5.68. The Morgan fingerprint density at radius 2 is 2.17 bits per heavy atom. The molecule has 2 heterocycles. The molecule has 6 heteroatoms. The number of pyridine rings is 1. The maximum absolute atomic E-state index is 11.6. The number of nitrogens with zero attached hydrogens (tertiary/aromatic N) is 3. The third-order valence-corrected chi connectivity index (χ3v) is 3.05. The van der Waals surface area contributed by atoms with Gasteiger partial charge in [0.25, 0.3) is 0 Å². The molecule has 2 rings (SSSR count). The number of aromatic carboxylic acids is 1. The molecule has 1 aliphatic heterocycles. The number of carboxylic acids is 1. The fraction of sp³-hybridized carbons (Fsp3) is 0.417. The number of hydrogen-bond donors (Lipinski definition) is 1. The molecule has 96 valence electrons. The summed E-state index contributed by atoms with van der Waals surface area (Å²) in [5.41, 5.74) is 0.934. The molecule has 1 amide bonds. The van der Waals surface area contributed by atoms with E-state index < -0.39 is 5.97 Å². The van der Waals surface area contributed by atoms with Crippen molar-refractivity contribution in [1.29, 1.82) is 0 Å². The highest BCUT2D eigenvalue weighted by atomic mass is 16.4. The van der Waals surface area contributed by atoms with Crippen LogP contribution in [0.3, 0.4) is 0 Å². The third kappa shape index (κ3) is 2.27. The molecule has 1 saturated heterocycles. The number of piperazine rings is 1. The molecule has 18 heavy (non-hydrogen) atoms. The van der Waals surface area contributed by atoms with Crippen molar-refractivity contribution < 1.29 is 14.7 Å². The lowest BCUT2D eigenvalue weighted by Gasteiger charge is -2.33. The first-order chi connectivity index (χ1) is 8.49. The van der Waals surface area contributed by atoms with Crippen molar-refractivity contribution in [2.45, 2.75) is 6.92 Å². The van der Waals surface area contributed by atoms with Crippen LogP contribution in [0.1, 0.15) is 15.9 Å². The van der Waals surface area contributed by atoms with E-state index in [1.807, 2.05) is 4.90 Å². The molecule has 1 N–H and O–H groups in total. The minimum atomic E-state index is -0.994. The molecule has 0 spiro atoms. The molecular weight excluding hydrogens is 234 g/mol. The molecule has 1 aliphatic rings. The number of aryl methyl sites for hydroxylation is 1. The minimum Gasteiger partial charge on any atom is -0.478 e. The normalized spacial score (nSPS) is 16.0. The second-order valence-electron chi connectivity index (χ2n) is 4.41. The van der Waals surface area contributed by atoms with E-state index in [2.05, 4.69) is 4.98 Å². The van der Waals surface area contributed by atoms with Gasteiger partial charge in [0.1, 0.15) is 5.82 Å². The van der Waals surface area contributed by atoms with Crippen LogP contribution in [0.25, 0.3) is 0 Å². The van der Waals surface area contributed by atoms with E-state index in [0.717, 1.165) is 5.56 Å². The van der Waals surface area contributed by atoms with Crippen LogP contribution in [-0.4, -0.2) is 53.5 Å². The topological polar surface area (TPSA) is 73.7 Å². The first-order valence-corrected chi connectivity index (χ1v) is 5.68. The van der Waals surface area contributed by atoms with Crippen molar-refractivity contribution in [3.8, 4) is 0 Å². The molecule has 1 fully saturated rings. The molecule has 6 nitrogen and oxygen atoms in total. The molecule has 1 aromatic heterocycles. The second-order valence-corrected chi connectivity index (χ2v) is 4.41. The summed E-state index contributed by atoms with van der Waals surface area (Å²) < 4.78 is 0. The smallest absolute Gasteiger partial charge is 0.337 e. The largest absolute Gasteiger partial charge is 0.478 e. The molecule has 1 aromatic rings. The van der Waals surface area contributed by atoms with Gasteiger partial charge in [-0.2, -0.15) is 0 Å². The second kappa shape index (κ2) is 4.64. The summed E-state index contributed by atoms with van der Waals surface area (Å²) in [6.07, 6.45) is 1.33. The number of carbonyl (C=O) groups is 2. The van der Waals surface area contributed by atoms with Crippen molar-refractivity contribution in [3.05, 3.63) is 23.4 Å². The summed E-state index contributed by atoms with van der Waals surface area (Å²) in [5, 5.41) is 8.87. The molecule has 0 aliphatic carbocycles. The number of likely N-dealkylation sites (N-methyl/N-ethyl adjacent to an activating group) is 1. The van der Waals surface area contributed by atoms with Gasteiger partial charge in [-0.3, -0.25) is 4.79 Å². The van der Waals surface area contributed by atoms with Crippen molar-refractivity contribution in [2.24, 2.45) is 0 Å². The van der Waals surface area contributed by atoms with Crippen LogP contribution in [0, 0.1) is 6.92 Å². The molecule has 0 radical (unpaired) electrons. The highest BCUT2D eigenvalue weighted by molar-refractivity contribution is 5.88. The lowest BCUT2D eigenvalue weighted by molar-refractivity contribution is -0.129. The SMILES string of the molecule is Cc1cc(C(=O)O)cnc1N1CCN(C)C(=O)C1. The van der Waals surface area contributed by atoms with Gasteiger partial charge < -0.3 is 14.9 Å². The number of carbonyl (C=O) groups excluding carboxylic acids is 1. The van der Waals surface area contributed by atoms with Crippen molar-refractivity contribution in [3.63, 3.8) is 0 Å². The molecule has 0 bridgehead atoms. The average Bonchev–Trinajstić information content (AvgIpc) is 2.32. The van der Waals surface area contributed by atoms with Crippen molar-refractivity contribution >= 4 is 17.7 Å². The minimum absolute atomic E-state index is 0.0461. The van der Waals surface area contributed by atoms with E-state index in [1.54, 1.807) is 24.9 Å². The summed E-state index contributed by atoms with van der Waals surface area (Å²) in [5.74, 6) is -0.266. The van der Waals surface area contributed by atoms with Crippen LogP contribution in [0.15, 0.2) is 12.3 Å². The summed E-state index contributed by atoms with van der Waals surface area (Å²) in [7, 11) is 1.77. The molecule has 0 aromatic carbocycles. The number of amides is 1. The van der Waals surface area contributed by atoms with Crippen LogP contribution in [0.4, 0.5) is 5.82 Å². The van der Waals surface area contributed by atoms with Gasteiger partial charge in [-0.15, -0.1) is 0 Å². The van der Waals surface area contributed by atoms with Gasteiger partial charge in [0, 0.05) is 26.3 Å². The van der Waals surface area contributed by atoms with E-state index >= 15 is 0 Å². The number of aromatic nitrogens is 1. The number of anilines is 1. The van der Waals surface area contributed by atoms with E-state index in [0.29, 0.717) is 18.9 Å². The van der Waals surface area contributed by atoms with Crippen molar-refractivity contribution in [2.75, 3.05) is 31.6 Å². The van der Waals surface area contributed by atoms with Crippen LogP contribution < -0.4 is 4.90 Å². The summed E-state index contributed by atoms with van der Waals surface area (Å²) >= 11 is 0. The zero-order valence-electron chi connectivity index (χ0n) is 10.4. The van der Waals surface area contributed by atoms with Gasteiger partial charge in [0.15, 0.2) is 0 Å². The van der Waals surface area contributed by atoms with Gasteiger partial charge in [0.2, 0.25) is 5.91 Å². The lowest BCUT2D eigenvalue weighted by atomic mass is 10.2. The highest BCUT2D eigenvalue weighted by Crippen LogP contribution is 2.19. The first kappa shape index (κ1) is 12.3. The molecule has 0 saturated carbocycles. The van der Waals surface area contributed by atoms with Crippen molar-refractivity contribution in [1.82, 2.24) is 9.88 Å². The molecule has 0 atom stereocenters. The van der Waals surface area contributed by atoms with Gasteiger partial charge in [-0.1, -0.05) is 0 Å². The Morgan fingerprint density at radius 3 is 2.72 bits per heavy atom. The predicted molar refractivity (Wildman–Crippen MR) is 65.8 cm³/mol. The summed E-state index contributed by atoms with van der Waals surface area (Å²) in [6, 6.07) is 1.58. The van der Waals surface area contributed by atoms with E-state index in [9.17, 15) is 9.59 Å². The number of rotatable bonds is 2. The van der Waals surface area contributed by atoms with E-state index in [4.69, 9.17) is 5.11 Å². The zero-order valence-corrected chi connectivity index (χ0v) is 10.4. The van der Waals surface area contributed by atoms with E-state index in [1.165, 1.54) is 6.20 Å². The third-order valence-electron chi connectivity index (χ3n) is 3.05. The maximum atomic E-state index is 11.6. The molecule has 0 unspecified atom stereocenters. The van der Waals surface area contributed by atoms with Gasteiger partial charge in [-0.05, 0) is 18.6 Å². The summed E-state index contributed by atoms with van der Waals surface area (Å²) in [6.45, 7) is 3.46.